The highest BCUT2D eigenvalue weighted by Gasteiger charge is 2.31. The lowest BCUT2D eigenvalue weighted by molar-refractivity contribution is -0.141. The van der Waals surface area contributed by atoms with Crippen LogP contribution in [0.3, 0.4) is 0 Å². The van der Waals surface area contributed by atoms with Crippen molar-refractivity contribution in [1.29, 1.82) is 5.26 Å². The van der Waals surface area contributed by atoms with Crippen LogP contribution in [0.25, 0.3) is 0 Å². The molecule has 0 spiro atoms. The molecule has 0 bridgehead atoms. The third-order valence-corrected chi connectivity index (χ3v) is 4.95. The fourth-order valence-corrected chi connectivity index (χ4v) is 3.98. The van der Waals surface area contributed by atoms with Gasteiger partial charge in [0, 0.05) is 17.7 Å². The number of aryl methyl sites for hydroxylation is 1. The fourth-order valence-electron chi connectivity index (χ4n) is 2.72. The molecule has 0 aromatic carbocycles. The first-order chi connectivity index (χ1) is 10.1. The van der Waals surface area contributed by atoms with Gasteiger partial charge in [0.15, 0.2) is 0 Å². The van der Waals surface area contributed by atoms with E-state index in [9.17, 15) is 19.6 Å². The van der Waals surface area contributed by atoms with Gasteiger partial charge >= 0.3 is 0 Å². The molecule has 2 heterocycles. The monoisotopic (exact) mass is 303 g/mol. The molecule has 0 saturated carbocycles. The number of imide groups is 1. The molecule has 1 N–H and O–H groups in total. The number of hydrogen-bond acceptors (Lipinski definition) is 5. The van der Waals surface area contributed by atoms with E-state index in [1.807, 2.05) is 0 Å². The first-order valence-electron chi connectivity index (χ1n) is 6.78. The summed E-state index contributed by atoms with van der Waals surface area (Å²) in [5.74, 6) is -1.07. The van der Waals surface area contributed by atoms with Gasteiger partial charge in [-0.05, 0) is 24.8 Å². The second-order valence-electron chi connectivity index (χ2n) is 5.10. The van der Waals surface area contributed by atoms with Gasteiger partial charge in [-0.15, -0.1) is 11.3 Å². The van der Waals surface area contributed by atoms with Crippen LogP contribution >= 0.6 is 11.3 Å². The lowest BCUT2D eigenvalue weighted by atomic mass is 10.1. The Morgan fingerprint density at radius 1 is 1.24 bits per heavy atom. The number of amides is 3. The number of fused-ring (bicyclic) bond motifs is 1. The molecule has 1 aromatic heterocycles. The number of carbonyl (C=O) groups excluding carboxylic acids is 3. The molecule has 1 aliphatic heterocycles. The molecular weight excluding hydrogens is 290 g/mol. The van der Waals surface area contributed by atoms with Crippen LogP contribution in [0.15, 0.2) is 0 Å². The fraction of sp³-hybridized carbons (Fsp3) is 0.429. The standard InChI is InChI=1S/C14H13N3O3S/c15-6-9-8-2-1-3-10(8)21-14(9)16-11(18)7-17-12(19)4-5-13(17)20/h1-5,7H2,(H,16,18). The molecule has 1 fully saturated rings. The predicted octanol–water partition coefficient (Wildman–Crippen LogP) is 1.20. The third-order valence-electron chi connectivity index (χ3n) is 3.74. The molecule has 0 atom stereocenters. The molecule has 1 aliphatic carbocycles. The van der Waals surface area contributed by atoms with Gasteiger partial charge in [-0.2, -0.15) is 5.26 Å². The zero-order valence-electron chi connectivity index (χ0n) is 11.3. The summed E-state index contributed by atoms with van der Waals surface area (Å²) >= 11 is 1.42. The Hall–Kier alpha value is -2.20. The first kappa shape index (κ1) is 13.8. The number of nitrogens with zero attached hydrogens (tertiary/aromatic N) is 2. The van der Waals surface area contributed by atoms with Crippen molar-refractivity contribution in [3.8, 4) is 6.07 Å². The van der Waals surface area contributed by atoms with Gasteiger partial charge in [0.05, 0.1) is 5.56 Å². The van der Waals surface area contributed by atoms with Gasteiger partial charge in [0.25, 0.3) is 0 Å². The third kappa shape index (κ3) is 2.43. The molecule has 1 aromatic rings. The minimum Gasteiger partial charge on any atom is -0.315 e. The van der Waals surface area contributed by atoms with Crippen molar-refractivity contribution >= 4 is 34.1 Å². The van der Waals surface area contributed by atoms with E-state index in [0.717, 1.165) is 34.6 Å². The Morgan fingerprint density at radius 3 is 2.62 bits per heavy atom. The van der Waals surface area contributed by atoms with E-state index in [2.05, 4.69) is 11.4 Å². The SMILES string of the molecule is N#Cc1c(NC(=O)CN2C(=O)CCC2=O)sc2c1CCC2. The minimum atomic E-state index is -0.435. The molecular formula is C14H13N3O3S. The van der Waals surface area contributed by atoms with E-state index in [-0.39, 0.29) is 31.2 Å². The molecule has 6 nitrogen and oxygen atoms in total. The van der Waals surface area contributed by atoms with Crippen molar-refractivity contribution in [1.82, 2.24) is 4.90 Å². The quantitative estimate of drug-likeness (QED) is 0.849. The Labute approximate surface area is 125 Å². The molecule has 3 rings (SSSR count). The van der Waals surface area contributed by atoms with E-state index in [4.69, 9.17) is 0 Å². The van der Waals surface area contributed by atoms with Gasteiger partial charge < -0.3 is 5.32 Å². The number of nitrogens with one attached hydrogen (secondary N) is 1. The summed E-state index contributed by atoms with van der Waals surface area (Å²) in [6.07, 6.45) is 3.19. The average Bonchev–Trinajstić information content (AvgIpc) is 3.09. The second kappa shape index (κ2) is 5.30. The highest BCUT2D eigenvalue weighted by atomic mass is 32.1. The first-order valence-corrected chi connectivity index (χ1v) is 7.59. The Kier molecular flexibility index (Phi) is 3.47. The van der Waals surface area contributed by atoms with E-state index in [0.29, 0.717) is 10.6 Å². The number of thiophene rings is 1. The molecule has 3 amide bonds. The van der Waals surface area contributed by atoms with Gasteiger partial charge in [-0.25, -0.2) is 0 Å². The van der Waals surface area contributed by atoms with Crippen LogP contribution in [0.2, 0.25) is 0 Å². The molecule has 21 heavy (non-hydrogen) atoms. The number of carbonyl (C=O) groups is 3. The van der Waals surface area contributed by atoms with Crippen LogP contribution in [0.4, 0.5) is 5.00 Å². The van der Waals surface area contributed by atoms with Crippen molar-refractivity contribution in [2.75, 3.05) is 11.9 Å². The molecule has 0 radical (unpaired) electrons. The summed E-state index contributed by atoms with van der Waals surface area (Å²) in [5, 5.41) is 12.4. The number of anilines is 1. The van der Waals surface area contributed by atoms with Crippen LogP contribution in [0.1, 0.15) is 35.3 Å². The van der Waals surface area contributed by atoms with E-state index < -0.39 is 5.91 Å². The lowest BCUT2D eigenvalue weighted by Crippen LogP contribution is -2.36. The average molecular weight is 303 g/mol. The van der Waals surface area contributed by atoms with Crippen LogP contribution in [0, 0.1) is 11.3 Å². The highest BCUT2D eigenvalue weighted by molar-refractivity contribution is 7.16. The summed E-state index contributed by atoms with van der Waals surface area (Å²) in [4.78, 5) is 37.1. The van der Waals surface area contributed by atoms with Crippen molar-refractivity contribution in [2.24, 2.45) is 0 Å². The van der Waals surface area contributed by atoms with Crippen LogP contribution < -0.4 is 5.32 Å². The summed E-state index contributed by atoms with van der Waals surface area (Å²) < 4.78 is 0. The van der Waals surface area contributed by atoms with Gasteiger partial charge in [-0.3, -0.25) is 19.3 Å². The predicted molar refractivity (Wildman–Crippen MR) is 75.6 cm³/mol. The number of hydrogen-bond donors (Lipinski definition) is 1. The molecule has 7 heteroatoms. The Morgan fingerprint density at radius 2 is 1.95 bits per heavy atom. The highest BCUT2D eigenvalue weighted by Crippen LogP contribution is 2.38. The summed E-state index contributed by atoms with van der Waals surface area (Å²) in [6.45, 7) is -0.273. The topological polar surface area (TPSA) is 90.3 Å². The van der Waals surface area contributed by atoms with Crippen LogP contribution in [-0.2, 0) is 27.2 Å². The lowest BCUT2D eigenvalue weighted by Gasteiger charge is -2.13. The van der Waals surface area contributed by atoms with Crippen molar-refractivity contribution in [3.63, 3.8) is 0 Å². The number of likely N-dealkylation sites (tertiary alicyclic amines) is 1. The van der Waals surface area contributed by atoms with Crippen molar-refractivity contribution in [2.45, 2.75) is 32.1 Å². The minimum absolute atomic E-state index is 0.170. The number of rotatable bonds is 3. The maximum absolute atomic E-state index is 12.0. The Bertz CT molecular complexity index is 670. The summed E-state index contributed by atoms with van der Waals surface area (Å²) in [7, 11) is 0. The normalized spacial score (nSPS) is 17.0. The zero-order valence-corrected chi connectivity index (χ0v) is 12.1. The van der Waals surface area contributed by atoms with Crippen LogP contribution in [-0.4, -0.2) is 29.2 Å². The molecule has 2 aliphatic rings. The smallest absolute Gasteiger partial charge is 0.245 e. The maximum Gasteiger partial charge on any atom is 0.245 e. The van der Waals surface area contributed by atoms with Gasteiger partial charge in [-0.1, -0.05) is 0 Å². The molecule has 108 valence electrons. The van der Waals surface area contributed by atoms with Crippen molar-refractivity contribution in [3.05, 3.63) is 16.0 Å². The van der Waals surface area contributed by atoms with Crippen LogP contribution in [0.5, 0.6) is 0 Å². The molecule has 1 saturated heterocycles. The van der Waals surface area contributed by atoms with E-state index in [1.165, 1.54) is 11.3 Å². The molecule has 0 unspecified atom stereocenters. The van der Waals surface area contributed by atoms with Gasteiger partial charge in [0.2, 0.25) is 17.7 Å². The van der Waals surface area contributed by atoms with Gasteiger partial charge in [0.1, 0.15) is 17.6 Å². The van der Waals surface area contributed by atoms with E-state index in [1.54, 1.807) is 0 Å². The Balaban J connectivity index is 1.73. The summed E-state index contributed by atoms with van der Waals surface area (Å²) in [5.41, 5.74) is 1.56. The van der Waals surface area contributed by atoms with E-state index >= 15 is 0 Å². The summed E-state index contributed by atoms with van der Waals surface area (Å²) in [6, 6.07) is 2.14. The second-order valence-corrected chi connectivity index (χ2v) is 6.20. The number of nitriles is 1. The zero-order chi connectivity index (χ0) is 15.0. The maximum atomic E-state index is 12.0. The largest absolute Gasteiger partial charge is 0.315 e. The van der Waals surface area contributed by atoms with Crippen molar-refractivity contribution < 1.29 is 14.4 Å².